The number of sulfonamides is 1. The van der Waals surface area contributed by atoms with E-state index < -0.39 is 10.0 Å². The molecule has 0 aromatic carbocycles. The molecular formula is C10H15NO3S2. The molecule has 16 heavy (non-hydrogen) atoms. The Morgan fingerprint density at radius 2 is 2.31 bits per heavy atom. The molecule has 0 saturated heterocycles. The largest absolute Gasteiger partial charge is 0.391 e. The predicted molar refractivity (Wildman–Crippen MR) is 62.7 cm³/mol. The third-order valence-electron chi connectivity index (χ3n) is 2.91. The van der Waals surface area contributed by atoms with Crippen molar-refractivity contribution in [3.05, 3.63) is 16.3 Å². The maximum absolute atomic E-state index is 11.8. The van der Waals surface area contributed by atoms with Crippen LogP contribution in [0.4, 0.5) is 0 Å². The average Bonchev–Trinajstić information content (AvgIpc) is 2.78. The molecule has 2 atom stereocenters. The van der Waals surface area contributed by atoms with E-state index in [1.165, 1.54) is 17.4 Å². The van der Waals surface area contributed by atoms with Gasteiger partial charge in [0.2, 0.25) is 10.0 Å². The Bertz CT molecular complexity index is 466. The maximum Gasteiger partial charge on any atom is 0.241 e. The number of hydrogen-bond donors (Lipinski definition) is 2. The van der Waals surface area contributed by atoms with Crippen LogP contribution in [0.25, 0.3) is 0 Å². The summed E-state index contributed by atoms with van der Waals surface area (Å²) in [6.07, 6.45) is 1.11. The fourth-order valence-electron chi connectivity index (χ4n) is 1.57. The summed E-state index contributed by atoms with van der Waals surface area (Å²) < 4.78 is 26.2. The smallest absolute Gasteiger partial charge is 0.241 e. The van der Waals surface area contributed by atoms with Gasteiger partial charge in [0.1, 0.15) is 0 Å². The van der Waals surface area contributed by atoms with Gasteiger partial charge < -0.3 is 5.11 Å². The molecule has 0 aliphatic heterocycles. The van der Waals surface area contributed by atoms with Gasteiger partial charge in [0.25, 0.3) is 0 Å². The van der Waals surface area contributed by atoms with Gasteiger partial charge in [-0.25, -0.2) is 13.1 Å². The first kappa shape index (κ1) is 12.0. The highest BCUT2D eigenvalue weighted by Gasteiger charge is 2.33. The monoisotopic (exact) mass is 261 g/mol. The fourth-order valence-corrected chi connectivity index (χ4v) is 3.80. The van der Waals surface area contributed by atoms with Crippen LogP contribution < -0.4 is 4.72 Å². The molecular weight excluding hydrogens is 246 g/mol. The van der Waals surface area contributed by atoms with Gasteiger partial charge in [-0.15, -0.1) is 11.3 Å². The second-order valence-corrected chi connectivity index (χ2v) is 6.99. The molecule has 1 aromatic rings. The Hall–Kier alpha value is -0.430. The molecule has 2 unspecified atom stereocenters. The van der Waals surface area contributed by atoms with E-state index in [0.29, 0.717) is 23.3 Å². The highest BCUT2D eigenvalue weighted by Crippen LogP contribution is 2.37. The van der Waals surface area contributed by atoms with Gasteiger partial charge in [-0.2, -0.15) is 0 Å². The molecule has 1 aromatic heterocycles. The Kier molecular flexibility index (Phi) is 3.34. The standard InChI is InChI=1S/C10H15NO3S2/c1-7-2-8(7)4-11-16(13,14)10-3-9(5-12)15-6-10/h3,6-8,11-12H,2,4-5H2,1H3. The van der Waals surface area contributed by atoms with Crippen molar-refractivity contribution >= 4 is 21.4 Å². The van der Waals surface area contributed by atoms with Crippen LogP contribution in [0.1, 0.15) is 18.2 Å². The quantitative estimate of drug-likeness (QED) is 0.836. The highest BCUT2D eigenvalue weighted by molar-refractivity contribution is 7.89. The number of aliphatic hydroxyl groups excluding tert-OH is 1. The van der Waals surface area contributed by atoms with Crippen molar-refractivity contribution in [3.8, 4) is 0 Å². The first-order chi connectivity index (χ1) is 7.53. The Morgan fingerprint density at radius 1 is 1.62 bits per heavy atom. The lowest BCUT2D eigenvalue weighted by molar-refractivity contribution is 0.285. The molecule has 0 amide bonds. The first-order valence-corrected chi connectivity index (χ1v) is 7.57. The van der Waals surface area contributed by atoms with E-state index in [9.17, 15) is 8.42 Å². The zero-order chi connectivity index (χ0) is 11.8. The second kappa shape index (κ2) is 4.44. The van der Waals surface area contributed by atoms with Crippen molar-refractivity contribution in [1.82, 2.24) is 4.72 Å². The molecule has 1 fully saturated rings. The van der Waals surface area contributed by atoms with Gasteiger partial charge in [-0.1, -0.05) is 6.92 Å². The number of rotatable bonds is 5. The molecule has 2 N–H and O–H groups in total. The van der Waals surface area contributed by atoms with Gasteiger partial charge in [0, 0.05) is 16.8 Å². The summed E-state index contributed by atoms with van der Waals surface area (Å²) in [5.41, 5.74) is 0. The summed E-state index contributed by atoms with van der Waals surface area (Å²) in [5, 5.41) is 10.4. The molecule has 1 aliphatic carbocycles. The zero-order valence-electron chi connectivity index (χ0n) is 9.01. The van der Waals surface area contributed by atoms with Crippen molar-refractivity contribution in [3.63, 3.8) is 0 Å². The maximum atomic E-state index is 11.8. The van der Waals surface area contributed by atoms with E-state index >= 15 is 0 Å². The molecule has 4 nitrogen and oxygen atoms in total. The van der Waals surface area contributed by atoms with E-state index in [0.717, 1.165) is 6.42 Å². The summed E-state index contributed by atoms with van der Waals surface area (Å²) in [6.45, 7) is 2.53. The fraction of sp³-hybridized carbons (Fsp3) is 0.600. The molecule has 1 heterocycles. The summed E-state index contributed by atoms with van der Waals surface area (Å²) in [6, 6.07) is 1.52. The van der Waals surface area contributed by atoms with E-state index in [2.05, 4.69) is 11.6 Å². The number of nitrogens with one attached hydrogen (secondary N) is 1. The van der Waals surface area contributed by atoms with Crippen LogP contribution in [0.2, 0.25) is 0 Å². The minimum Gasteiger partial charge on any atom is -0.391 e. The SMILES string of the molecule is CC1CC1CNS(=O)(=O)c1csc(CO)c1. The number of hydrogen-bond acceptors (Lipinski definition) is 4. The van der Waals surface area contributed by atoms with Crippen LogP contribution in [0, 0.1) is 11.8 Å². The summed E-state index contributed by atoms with van der Waals surface area (Å²) in [4.78, 5) is 0.926. The molecule has 2 rings (SSSR count). The van der Waals surface area contributed by atoms with Gasteiger partial charge in [-0.05, 0) is 24.3 Å². The van der Waals surface area contributed by atoms with Gasteiger partial charge in [0.05, 0.1) is 11.5 Å². The van der Waals surface area contributed by atoms with Crippen molar-refractivity contribution in [1.29, 1.82) is 0 Å². The van der Waals surface area contributed by atoms with Gasteiger partial charge in [0.15, 0.2) is 0 Å². The lowest BCUT2D eigenvalue weighted by Crippen LogP contribution is -2.25. The third-order valence-corrected chi connectivity index (χ3v) is 5.38. The summed E-state index contributed by atoms with van der Waals surface area (Å²) in [5.74, 6) is 1.13. The molecule has 0 bridgehead atoms. The van der Waals surface area contributed by atoms with Crippen molar-refractivity contribution in [2.45, 2.75) is 24.8 Å². The number of aliphatic hydroxyl groups is 1. The van der Waals surface area contributed by atoms with E-state index in [1.54, 1.807) is 5.38 Å². The summed E-state index contributed by atoms with van der Waals surface area (Å²) >= 11 is 1.26. The molecule has 1 saturated carbocycles. The van der Waals surface area contributed by atoms with Crippen LogP contribution in [0.5, 0.6) is 0 Å². The van der Waals surface area contributed by atoms with Crippen LogP contribution in [0.3, 0.4) is 0 Å². The molecule has 90 valence electrons. The molecule has 6 heteroatoms. The first-order valence-electron chi connectivity index (χ1n) is 5.21. The van der Waals surface area contributed by atoms with Crippen molar-refractivity contribution in [2.75, 3.05) is 6.54 Å². The zero-order valence-corrected chi connectivity index (χ0v) is 10.6. The molecule has 0 radical (unpaired) electrons. The van der Waals surface area contributed by atoms with Crippen LogP contribution >= 0.6 is 11.3 Å². The van der Waals surface area contributed by atoms with Crippen molar-refractivity contribution < 1.29 is 13.5 Å². The molecule has 0 spiro atoms. The summed E-state index contributed by atoms with van der Waals surface area (Å²) in [7, 11) is -3.38. The van der Waals surface area contributed by atoms with Crippen LogP contribution in [0.15, 0.2) is 16.3 Å². The van der Waals surface area contributed by atoms with Gasteiger partial charge in [-0.3, -0.25) is 0 Å². The molecule has 1 aliphatic rings. The van der Waals surface area contributed by atoms with E-state index in [4.69, 9.17) is 5.11 Å². The van der Waals surface area contributed by atoms with Gasteiger partial charge >= 0.3 is 0 Å². The minimum atomic E-state index is -3.38. The number of thiophene rings is 1. The van der Waals surface area contributed by atoms with Crippen LogP contribution in [-0.2, 0) is 16.6 Å². The van der Waals surface area contributed by atoms with E-state index in [1.807, 2.05) is 0 Å². The highest BCUT2D eigenvalue weighted by atomic mass is 32.2. The Balaban J connectivity index is 2.00. The average molecular weight is 261 g/mol. The third kappa shape index (κ3) is 2.63. The lowest BCUT2D eigenvalue weighted by atomic mass is 10.3. The Labute approximate surface area is 99.4 Å². The topological polar surface area (TPSA) is 66.4 Å². The Morgan fingerprint density at radius 3 is 2.81 bits per heavy atom. The minimum absolute atomic E-state index is 0.111. The lowest BCUT2D eigenvalue weighted by Gasteiger charge is -2.03. The predicted octanol–water partition coefficient (Wildman–Crippen LogP) is 1.17. The van der Waals surface area contributed by atoms with E-state index in [-0.39, 0.29) is 11.5 Å². The second-order valence-electron chi connectivity index (χ2n) is 4.23. The van der Waals surface area contributed by atoms with Crippen LogP contribution in [-0.4, -0.2) is 20.1 Å². The van der Waals surface area contributed by atoms with Crippen molar-refractivity contribution in [2.24, 2.45) is 11.8 Å². The normalized spacial score (nSPS) is 24.6.